The summed E-state index contributed by atoms with van der Waals surface area (Å²) in [5.41, 5.74) is 9.85. The molecule has 0 bridgehead atoms. The fraction of sp³-hybridized carbons (Fsp3) is 0.625. The Kier molecular flexibility index (Phi) is 10.3. The Bertz CT molecular complexity index is 243. The van der Waals surface area contributed by atoms with E-state index in [9.17, 15) is 14.4 Å². The molecule has 0 aromatic rings. The average Bonchev–Trinajstić information content (AvgIpc) is 2.14. The van der Waals surface area contributed by atoms with Crippen LogP contribution in [0.4, 0.5) is 0 Å². The molecule has 1 atom stereocenters. The minimum Gasteiger partial charge on any atom is -0.481 e. The van der Waals surface area contributed by atoms with Crippen LogP contribution in [0, 0.1) is 0 Å². The molecule has 16 heavy (non-hydrogen) atoms. The lowest BCUT2D eigenvalue weighted by atomic mass is 10.2. The Morgan fingerprint density at radius 1 is 1.00 bits per heavy atom. The first-order valence-corrected chi connectivity index (χ1v) is 4.43. The molecule has 0 saturated heterocycles. The van der Waals surface area contributed by atoms with Crippen molar-refractivity contribution >= 4 is 17.9 Å². The fourth-order valence-corrected chi connectivity index (χ4v) is 0.526. The van der Waals surface area contributed by atoms with Gasteiger partial charge in [-0.2, -0.15) is 0 Å². The minimum absolute atomic E-state index is 0.0231. The Morgan fingerprint density at radius 2 is 1.44 bits per heavy atom. The first-order valence-electron chi connectivity index (χ1n) is 4.43. The standard InChI is InChI=1S/C5H9NO4.C3H7NO2/c6-3(5(9)10)1-2-4(7)8;4-2-1-3(5)6/h3H,1-2,6H2,(H,7,8)(H,9,10);1-2,4H2,(H,5,6)/t3-;/m0./s1. The molecule has 8 nitrogen and oxygen atoms in total. The highest BCUT2D eigenvalue weighted by molar-refractivity contribution is 5.74. The molecule has 0 fully saturated rings. The van der Waals surface area contributed by atoms with Gasteiger partial charge in [0.2, 0.25) is 0 Å². The molecule has 0 rings (SSSR count). The van der Waals surface area contributed by atoms with Crippen molar-refractivity contribution in [1.82, 2.24) is 0 Å². The highest BCUT2D eigenvalue weighted by Crippen LogP contribution is 1.93. The van der Waals surface area contributed by atoms with Gasteiger partial charge in [0.15, 0.2) is 0 Å². The van der Waals surface area contributed by atoms with Gasteiger partial charge in [-0.15, -0.1) is 0 Å². The SMILES string of the molecule is NCCC(=O)O.N[C@@H](CCC(=O)O)C(=O)O. The fourth-order valence-electron chi connectivity index (χ4n) is 0.526. The third kappa shape index (κ3) is 14.8. The number of carboxylic acid groups (broad SMARTS) is 3. The molecule has 8 heteroatoms. The van der Waals surface area contributed by atoms with E-state index in [2.05, 4.69) is 0 Å². The maximum atomic E-state index is 9.99. The normalized spacial score (nSPS) is 10.9. The summed E-state index contributed by atoms with van der Waals surface area (Å²) >= 11 is 0. The largest absolute Gasteiger partial charge is 0.481 e. The average molecular weight is 236 g/mol. The van der Waals surface area contributed by atoms with Crippen molar-refractivity contribution in [2.75, 3.05) is 6.54 Å². The number of carboxylic acids is 3. The molecule has 0 radical (unpaired) electrons. The molecule has 0 heterocycles. The second-order valence-electron chi connectivity index (χ2n) is 2.81. The monoisotopic (exact) mass is 236 g/mol. The summed E-state index contributed by atoms with van der Waals surface area (Å²) < 4.78 is 0. The summed E-state index contributed by atoms with van der Waals surface area (Å²) in [7, 11) is 0. The second kappa shape index (κ2) is 9.87. The van der Waals surface area contributed by atoms with Crippen LogP contribution in [0.3, 0.4) is 0 Å². The van der Waals surface area contributed by atoms with Gasteiger partial charge in [-0.05, 0) is 6.42 Å². The van der Waals surface area contributed by atoms with Crippen molar-refractivity contribution in [1.29, 1.82) is 0 Å². The molecule has 0 aliphatic rings. The van der Waals surface area contributed by atoms with Crippen LogP contribution in [0.15, 0.2) is 0 Å². The van der Waals surface area contributed by atoms with Crippen LogP contribution in [0.1, 0.15) is 19.3 Å². The van der Waals surface area contributed by atoms with E-state index in [1.165, 1.54) is 0 Å². The van der Waals surface area contributed by atoms with Gasteiger partial charge in [0, 0.05) is 13.0 Å². The molecule has 0 amide bonds. The van der Waals surface area contributed by atoms with Gasteiger partial charge in [0.25, 0.3) is 0 Å². The molecule has 0 aliphatic carbocycles. The molecule has 7 N–H and O–H groups in total. The molecule has 0 unspecified atom stereocenters. The Labute approximate surface area is 91.8 Å². The third-order valence-corrected chi connectivity index (χ3v) is 1.34. The molecule has 0 spiro atoms. The predicted molar refractivity (Wildman–Crippen MR) is 53.8 cm³/mol. The van der Waals surface area contributed by atoms with Crippen molar-refractivity contribution in [2.24, 2.45) is 11.5 Å². The van der Waals surface area contributed by atoms with Gasteiger partial charge in [0.05, 0.1) is 6.42 Å². The van der Waals surface area contributed by atoms with E-state index in [1.807, 2.05) is 0 Å². The van der Waals surface area contributed by atoms with Crippen LogP contribution >= 0.6 is 0 Å². The molecule has 94 valence electrons. The summed E-state index contributed by atoms with van der Waals surface area (Å²) in [6, 6.07) is -1.06. The number of nitrogens with two attached hydrogens (primary N) is 2. The lowest BCUT2D eigenvalue weighted by Crippen LogP contribution is -2.30. The predicted octanol–water partition coefficient (Wildman–Crippen LogP) is -1.32. The first kappa shape index (κ1) is 16.7. The maximum absolute atomic E-state index is 9.99. The molecular formula is C8H16N2O6. The Hall–Kier alpha value is -1.67. The van der Waals surface area contributed by atoms with Crippen molar-refractivity contribution in [2.45, 2.75) is 25.3 Å². The molecule has 0 aromatic heterocycles. The van der Waals surface area contributed by atoms with E-state index in [0.29, 0.717) is 0 Å². The molecule has 0 aliphatic heterocycles. The smallest absolute Gasteiger partial charge is 0.320 e. The quantitative estimate of drug-likeness (QED) is 0.379. The zero-order valence-electron chi connectivity index (χ0n) is 8.63. The highest BCUT2D eigenvalue weighted by Gasteiger charge is 2.12. The van der Waals surface area contributed by atoms with Crippen LogP contribution in [-0.4, -0.2) is 45.8 Å². The van der Waals surface area contributed by atoms with Crippen molar-refractivity contribution in [3.63, 3.8) is 0 Å². The van der Waals surface area contributed by atoms with Crippen LogP contribution in [0.5, 0.6) is 0 Å². The summed E-state index contributed by atoms with van der Waals surface area (Å²) in [5, 5.41) is 24.1. The van der Waals surface area contributed by atoms with Crippen LogP contribution < -0.4 is 11.5 Å². The van der Waals surface area contributed by atoms with Gasteiger partial charge in [-0.3, -0.25) is 14.4 Å². The van der Waals surface area contributed by atoms with Crippen molar-refractivity contribution in [3.05, 3.63) is 0 Å². The number of carbonyl (C=O) groups is 3. The third-order valence-electron chi connectivity index (χ3n) is 1.34. The number of hydrogen-bond acceptors (Lipinski definition) is 5. The summed E-state index contributed by atoms with van der Waals surface area (Å²) in [4.78, 5) is 29.4. The molecular weight excluding hydrogens is 220 g/mol. The summed E-state index contributed by atoms with van der Waals surface area (Å²) in [6.07, 6.45) is -0.155. The maximum Gasteiger partial charge on any atom is 0.320 e. The van der Waals surface area contributed by atoms with Gasteiger partial charge in [-0.25, -0.2) is 0 Å². The van der Waals surface area contributed by atoms with Gasteiger partial charge in [-0.1, -0.05) is 0 Å². The van der Waals surface area contributed by atoms with Gasteiger partial charge < -0.3 is 26.8 Å². The van der Waals surface area contributed by atoms with E-state index < -0.39 is 23.9 Å². The Balaban J connectivity index is 0. The number of rotatable bonds is 6. The van der Waals surface area contributed by atoms with Gasteiger partial charge >= 0.3 is 17.9 Å². The highest BCUT2D eigenvalue weighted by atomic mass is 16.4. The van der Waals surface area contributed by atoms with E-state index in [4.69, 9.17) is 26.8 Å². The lowest BCUT2D eigenvalue weighted by Gasteiger charge is -2.01. The summed E-state index contributed by atoms with van der Waals surface area (Å²) in [6.45, 7) is 0.231. The van der Waals surface area contributed by atoms with Crippen LogP contribution in [0.2, 0.25) is 0 Å². The van der Waals surface area contributed by atoms with Crippen molar-refractivity contribution in [3.8, 4) is 0 Å². The van der Waals surface area contributed by atoms with E-state index in [-0.39, 0.29) is 25.8 Å². The minimum atomic E-state index is -1.17. The lowest BCUT2D eigenvalue weighted by molar-refractivity contribution is -0.140. The van der Waals surface area contributed by atoms with E-state index >= 15 is 0 Å². The van der Waals surface area contributed by atoms with Crippen LogP contribution in [0.25, 0.3) is 0 Å². The number of aliphatic carboxylic acids is 3. The van der Waals surface area contributed by atoms with E-state index in [0.717, 1.165) is 0 Å². The zero-order valence-corrected chi connectivity index (χ0v) is 8.63. The first-order chi connectivity index (χ1) is 7.31. The van der Waals surface area contributed by atoms with Crippen molar-refractivity contribution < 1.29 is 29.7 Å². The zero-order chi connectivity index (χ0) is 13.1. The molecule has 0 saturated carbocycles. The Morgan fingerprint density at radius 3 is 1.62 bits per heavy atom. The van der Waals surface area contributed by atoms with E-state index in [1.54, 1.807) is 0 Å². The van der Waals surface area contributed by atoms with Crippen LogP contribution in [-0.2, 0) is 14.4 Å². The molecule has 0 aromatic carbocycles. The topological polar surface area (TPSA) is 164 Å². The number of hydrogen-bond donors (Lipinski definition) is 5. The van der Waals surface area contributed by atoms with Gasteiger partial charge in [0.1, 0.15) is 6.04 Å². The summed E-state index contributed by atoms with van der Waals surface area (Å²) in [5.74, 6) is -3.03. The second-order valence-corrected chi connectivity index (χ2v) is 2.81.